The molecule has 5 nitrogen and oxygen atoms in total. The minimum Gasteiger partial charge on any atom is -0.353 e. The minimum absolute atomic E-state index is 0.0479. The zero-order chi connectivity index (χ0) is 16.7. The van der Waals surface area contributed by atoms with Crippen molar-refractivity contribution >= 4 is 10.9 Å². The molecule has 0 saturated carbocycles. The van der Waals surface area contributed by atoms with E-state index >= 15 is 0 Å². The van der Waals surface area contributed by atoms with E-state index in [0.717, 1.165) is 29.9 Å². The number of benzene rings is 1. The van der Waals surface area contributed by atoms with Gasteiger partial charge in [-0.3, -0.25) is 9.69 Å². The van der Waals surface area contributed by atoms with Crippen LogP contribution in [0.2, 0.25) is 0 Å². The van der Waals surface area contributed by atoms with Crippen molar-refractivity contribution in [3.05, 3.63) is 64.0 Å². The molecule has 1 saturated heterocycles. The molecule has 3 aromatic rings. The van der Waals surface area contributed by atoms with Crippen molar-refractivity contribution in [2.24, 2.45) is 7.05 Å². The van der Waals surface area contributed by atoms with E-state index in [1.165, 1.54) is 12.1 Å². The van der Waals surface area contributed by atoms with Crippen LogP contribution in [0.15, 0.2) is 41.3 Å². The number of nitrogens with zero attached hydrogens (tertiary/aromatic N) is 3. The van der Waals surface area contributed by atoms with Gasteiger partial charge in [-0.05, 0) is 50.1 Å². The number of hydrogen-bond acceptors (Lipinski definition) is 3. The maximum Gasteiger partial charge on any atom is 0.258 e. The molecule has 3 heterocycles. The zero-order valence-electron chi connectivity index (χ0n) is 14.1. The van der Waals surface area contributed by atoms with Crippen LogP contribution in [0.4, 0.5) is 0 Å². The first kappa shape index (κ1) is 15.1. The Kier molecular flexibility index (Phi) is 3.73. The lowest BCUT2D eigenvalue weighted by molar-refractivity contribution is 0.235. The Bertz CT molecular complexity index is 940. The summed E-state index contributed by atoms with van der Waals surface area (Å²) in [5.41, 5.74) is 3.13. The van der Waals surface area contributed by atoms with E-state index in [0.29, 0.717) is 18.0 Å². The summed E-state index contributed by atoms with van der Waals surface area (Å²) in [7, 11) is 2.09. The largest absolute Gasteiger partial charge is 0.353 e. The summed E-state index contributed by atoms with van der Waals surface area (Å²) >= 11 is 0. The summed E-state index contributed by atoms with van der Waals surface area (Å²) in [5, 5.41) is 0.666. The number of rotatable bonds is 3. The fourth-order valence-corrected chi connectivity index (χ4v) is 3.79. The van der Waals surface area contributed by atoms with Gasteiger partial charge < -0.3 is 9.55 Å². The lowest BCUT2D eigenvalue weighted by atomic mass is 10.1. The van der Waals surface area contributed by atoms with Crippen LogP contribution in [0.5, 0.6) is 0 Å². The van der Waals surface area contributed by atoms with Crippen LogP contribution < -0.4 is 5.56 Å². The standard InChI is InChI=1S/C19H22N4O/c1-13-6-3-7-14-18(13)20-17(21-19(14)24)12-23-11-5-9-16(23)15-8-4-10-22(15)2/h3-4,6-8,10,16H,5,9,11-12H2,1-2H3,(H,20,21,24)/t16-/m0/s1. The molecule has 1 aromatic carbocycles. The molecule has 0 amide bonds. The third kappa shape index (κ3) is 2.55. The van der Waals surface area contributed by atoms with Crippen molar-refractivity contribution in [1.29, 1.82) is 0 Å². The summed E-state index contributed by atoms with van der Waals surface area (Å²) in [6.45, 7) is 3.71. The van der Waals surface area contributed by atoms with Gasteiger partial charge in [0.2, 0.25) is 0 Å². The summed E-state index contributed by atoms with van der Waals surface area (Å²) in [6, 6.07) is 10.4. The van der Waals surface area contributed by atoms with E-state index in [2.05, 4.69) is 39.8 Å². The minimum atomic E-state index is -0.0479. The fraction of sp³-hybridized carbons (Fsp3) is 0.368. The van der Waals surface area contributed by atoms with Crippen molar-refractivity contribution in [3.8, 4) is 0 Å². The topological polar surface area (TPSA) is 53.9 Å². The Morgan fingerprint density at radius 3 is 2.96 bits per heavy atom. The monoisotopic (exact) mass is 322 g/mol. The van der Waals surface area contributed by atoms with Crippen LogP contribution in [0.3, 0.4) is 0 Å². The molecule has 1 atom stereocenters. The number of hydrogen-bond donors (Lipinski definition) is 1. The first-order valence-electron chi connectivity index (χ1n) is 8.47. The predicted octanol–water partition coefficient (Wildman–Crippen LogP) is 2.91. The highest BCUT2D eigenvalue weighted by Gasteiger charge is 2.28. The van der Waals surface area contributed by atoms with Crippen LogP contribution in [-0.4, -0.2) is 26.0 Å². The number of aromatic nitrogens is 3. The second-order valence-corrected chi connectivity index (χ2v) is 6.66. The number of para-hydroxylation sites is 1. The second-order valence-electron chi connectivity index (χ2n) is 6.66. The van der Waals surface area contributed by atoms with Gasteiger partial charge >= 0.3 is 0 Å². The van der Waals surface area contributed by atoms with Crippen molar-refractivity contribution in [2.45, 2.75) is 32.4 Å². The van der Waals surface area contributed by atoms with Gasteiger partial charge in [-0.2, -0.15) is 0 Å². The number of H-pyrrole nitrogens is 1. The van der Waals surface area contributed by atoms with Gasteiger partial charge in [0.1, 0.15) is 5.82 Å². The molecule has 1 aliphatic rings. The molecule has 124 valence electrons. The van der Waals surface area contributed by atoms with Gasteiger partial charge in [0.25, 0.3) is 5.56 Å². The maximum atomic E-state index is 12.4. The predicted molar refractivity (Wildman–Crippen MR) is 94.9 cm³/mol. The normalized spacial score (nSPS) is 18.5. The van der Waals surface area contributed by atoms with E-state index in [-0.39, 0.29) is 5.56 Å². The Balaban J connectivity index is 1.68. The smallest absolute Gasteiger partial charge is 0.258 e. The van der Waals surface area contributed by atoms with E-state index in [1.807, 2.05) is 25.1 Å². The van der Waals surface area contributed by atoms with E-state index in [9.17, 15) is 4.79 Å². The van der Waals surface area contributed by atoms with E-state index in [1.54, 1.807) is 0 Å². The summed E-state index contributed by atoms with van der Waals surface area (Å²) in [5.74, 6) is 0.753. The average molecular weight is 322 g/mol. The van der Waals surface area contributed by atoms with E-state index in [4.69, 9.17) is 4.98 Å². The Morgan fingerprint density at radius 1 is 1.29 bits per heavy atom. The van der Waals surface area contributed by atoms with Gasteiger partial charge in [-0.15, -0.1) is 0 Å². The quantitative estimate of drug-likeness (QED) is 0.807. The van der Waals surface area contributed by atoms with Crippen LogP contribution in [0.1, 0.15) is 36.0 Å². The van der Waals surface area contributed by atoms with Crippen molar-refractivity contribution in [1.82, 2.24) is 19.4 Å². The number of aryl methyl sites for hydroxylation is 2. The highest BCUT2D eigenvalue weighted by atomic mass is 16.1. The van der Waals surface area contributed by atoms with Gasteiger partial charge in [0, 0.05) is 18.9 Å². The van der Waals surface area contributed by atoms with Crippen LogP contribution in [0.25, 0.3) is 10.9 Å². The number of nitrogens with one attached hydrogen (secondary N) is 1. The lowest BCUT2D eigenvalue weighted by Crippen LogP contribution is -2.26. The molecule has 4 rings (SSSR count). The molecule has 1 aliphatic heterocycles. The van der Waals surface area contributed by atoms with Crippen molar-refractivity contribution < 1.29 is 0 Å². The first-order chi connectivity index (χ1) is 11.6. The molecule has 0 aliphatic carbocycles. The Morgan fingerprint density at radius 2 is 2.17 bits per heavy atom. The van der Waals surface area contributed by atoms with Crippen LogP contribution >= 0.6 is 0 Å². The maximum absolute atomic E-state index is 12.4. The van der Waals surface area contributed by atoms with Crippen LogP contribution in [-0.2, 0) is 13.6 Å². The second kappa shape index (κ2) is 5.91. The molecule has 5 heteroatoms. The van der Waals surface area contributed by atoms with Crippen molar-refractivity contribution in [2.75, 3.05) is 6.54 Å². The molecular weight excluding hydrogens is 300 g/mol. The van der Waals surface area contributed by atoms with Gasteiger partial charge in [0.15, 0.2) is 0 Å². The Hall–Kier alpha value is -2.40. The third-order valence-corrected chi connectivity index (χ3v) is 5.03. The number of likely N-dealkylation sites (tertiary alicyclic amines) is 1. The molecule has 24 heavy (non-hydrogen) atoms. The summed E-state index contributed by atoms with van der Waals surface area (Å²) in [6.07, 6.45) is 4.41. The molecular formula is C19H22N4O. The molecule has 0 radical (unpaired) electrons. The number of fused-ring (bicyclic) bond motifs is 1. The Labute approximate surface area is 140 Å². The average Bonchev–Trinajstić information content (AvgIpc) is 3.17. The van der Waals surface area contributed by atoms with Crippen LogP contribution in [0, 0.1) is 6.92 Å². The summed E-state index contributed by atoms with van der Waals surface area (Å²) in [4.78, 5) is 22.5. The molecule has 0 unspecified atom stereocenters. The third-order valence-electron chi connectivity index (χ3n) is 5.03. The van der Waals surface area contributed by atoms with E-state index < -0.39 is 0 Å². The molecule has 1 N–H and O–H groups in total. The van der Waals surface area contributed by atoms with Gasteiger partial charge in [-0.25, -0.2) is 4.98 Å². The first-order valence-corrected chi connectivity index (χ1v) is 8.47. The highest BCUT2D eigenvalue weighted by Crippen LogP contribution is 2.32. The highest BCUT2D eigenvalue weighted by molar-refractivity contribution is 5.80. The lowest BCUT2D eigenvalue weighted by Gasteiger charge is -2.24. The van der Waals surface area contributed by atoms with Gasteiger partial charge in [0.05, 0.1) is 23.5 Å². The number of aromatic amines is 1. The molecule has 1 fully saturated rings. The summed E-state index contributed by atoms with van der Waals surface area (Å²) < 4.78 is 2.18. The fourth-order valence-electron chi connectivity index (χ4n) is 3.79. The van der Waals surface area contributed by atoms with Crippen molar-refractivity contribution in [3.63, 3.8) is 0 Å². The SMILES string of the molecule is Cc1cccc2c(=O)[nH]c(CN3CCC[C@H]3c3cccn3C)nc12. The molecule has 2 aromatic heterocycles. The zero-order valence-corrected chi connectivity index (χ0v) is 14.1. The molecule has 0 bridgehead atoms. The molecule has 0 spiro atoms. The van der Waals surface area contributed by atoms with Gasteiger partial charge in [-0.1, -0.05) is 12.1 Å².